The van der Waals surface area contributed by atoms with E-state index in [1.807, 2.05) is 0 Å². The Morgan fingerprint density at radius 1 is 0.818 bits per heavy atom. The van der Waals surface area contributed by atoms with E-state index in [1.165, 1.54) is 0 Å². The Bertz CT molecular complexity index is 100. The zero-order valence-corrected chi connectivity index (χ0v) is 6.50. The number of halogens is 6. The molecule has 0 aromatic rings. The number of hydrogen-bond donors (Lipinski definition) is 0. The van der Waals surface area contributed by atoms with Gasteiger partial charge in [0.15, 0.2) is 11.1 Å². The summed E-state index contributed by atoms with van der Waals surface area (Å²) in [5, 5.41) is 0. The van der Waals surface area contributed by atoms with Gasteiger partial charge in [0, 0.05) is 0 Å². The summed E-state index contributed by atoms with van der Waals surface area (Å²) in [6.07, 6.45) is -6.06. The van der Waals surface area contributed by atoms with Gasteiger partial charge in [-0.15, -0.1) is 0 Å². The van der Waals surface area contributed by atoms with Crippen molar-refractivity contribution in [1.82, 2.24) is 0 Å². The van der Waals surface area contributed by atoms with Crippen LogP contribution in [0.25, 0.3) is 0 Å². The van der Waals surface area contributed by atoms with Gasteiger partial charge in [0.1, 0.15) is 0 Å². The van der Waals surface area contributed by atoms with Crippen molar-refractivity contribution in [3.05, 3.63) is 0 Å². The normalized spacial score (nSPS) is 17.5. The SMILES string of the molecule is FC(F)C(Cl)OC(Cl)C(F)F. The first kappa shape index (κ1) is 11.3. The van der Waals surface area contributed by atoms with Crippen LogP contribution in [0.5, 0.6) is 0 Å². The molecule has 0 aromatic carbocycles. The first-order valence-electron chi connectivity index (χ1n) is 2.45. The third kappa shape index (κ3) is 4.66. The molecule has 7 heteroatoms. The third-order valence-electron chi connectivity index (χ3n) is 0.656. The number of hydrogen-bond acceptors (Lipinski definition) is 1. The van der Waals surface area contributed by atoms with Crippen molar-refractivity contribution in [2.24, 2.45) is 0 Å². The molecule has 68 valence electrons. The van der Waals surface area contributed by atoms with Crippen molar-refractivity contribution in [3.63, 3.8) is 0 Å². The van der Waals surface area contributed by atoms with E-state index in [9.17, 15) is 17.6 Å². The maximum absolute atomic E-state index is 11.5. The predicted molar refractivity (Wildman–Crippen MR) is 32.4 cm³/mol. The standard InChI is InChI=1S/C4H4Cl2F4O/c5-1(3(7)8)11-2(6)4(9)10/h1-4H. The highest BCUT2D eigenvalue weighted by Crippen LogP contribution is 2.18. The first-order chi connectivity index (χ1) is 4.95. The van der Waals surface area contributed by atoms with Crippen molar-refractivity contribution >= 4 is 23.2 Å². The van der Waals surface area contributed by atoms with E-state index in [0.717, 1.165) is 0 Å². The summed E-state index contributed by atoms with van der Waals surface area (Å²) < 4.78 is 49.8. The minimum absolute atomic E-state index is 2.09. The molecule has 0 fully saturated rings. The molecule has 0 bridgehead atoms. The van der Waals surface area contributed by atoms with Crippen LogP contribution in [0.3, 0.4) is 0 Å². The van der Waals surface area contributed by atoms with Crippen LogP contribution in [0.1, 0.15) is 0 Å². The summed E-state index contributed by atoms with van der Waals surface area (Å²) in [6.45, 7) is 0. The van der Waals surface area contributed by atoms with Gasteiger partial charge >= 0.3 is 0 Å². The monoisotopic (exact) mass is 214 g/mol. The summed E-state index contributed by atoms with van der Waals surface area (Å²) in [7, 11) is 0. The third-order valence-corrected chi connectivity index (χ3v) is 1.24. The molecule has 0 heterocycles. The quantitative estimate of drug-likeness (QED) is 0.517. The van der Waals surface area contributed by atoms with Gasteiger partial charge in [0.25, 0.3) is 12.9 Å². The van der Waals surface area contributed by atoms with Crippen LogP contribution < -0.4 is 0 Å². The molecule has 0 aromatic heterocycles. The van der Waals surface area contributed by atoms with Gasteiger partial charge in [-0.05, 0) is 0 Å². The van der Waals surface area contributed by atoms with E-state index >= 15 is 0 Å². The number of alkyl halides is 6. The van der Waals surface area contributed by atoms with Gasteiger partial charge in [-0.25, -0.2) is 17.6 Å². The Morgan fingerprint density at radius 2 is 1.09 bits per heavy atom. The van der Waals surface area contributed by atoms with Gasteiger partial charge in [0.2, 0.25) is 0 Å². The highest BCUT2D eigenvalue weighted by atomic mass is 35.5. The van der Waals surface area contributed by atoms with Crippen LogP contribution in [-0.4, -0.2) is 24.0 Å². The maximum Gasteiger partial charge on any atom is 0.278 e. The van der Waals surface area contributed by atoms with E-state index in [4.69, 9.17) is 23.2 Å². The van der Waals surface area contributed by atoms with Gasteiger partial charge in [-0.1, -0.05) is 23.2 Å². The van der Waals surface area contributed by atoms with Crippen molar-refractivity contribution in [2.45, 2.75) is 24.0 Å². The largest absolute Gasteiger partial charge is 0.331 e. The molecule has 0 aliphatic rings. The summed E-state index contributed by atoms with van der Waals surface area (Å²) in [5.74, 6) is 0. The Morgan fingerprint density at radius 3 is 1.27 bits per heavy atom. The van der Waals surface area contributed by atoms with E-state index in [1.54, 1.807) is 0 Å². The summed E-state index contributed by atoms with van der Waals surface area (Å²) in [4.78, 5) is 0. The van der Waals surface area contributed by atoms with Crippen molar-refractivity contribution in [3.8, 4) is 0 Å². The minimum Gasteiger partial charge on any atom is -0.331 e. The Kier molecular flexibility index (Phi) is 5.12. The predicted octanol–water partition coefficient (Wildman–Crippen LogP) is 2.66. The number of ether oxygens (including phenoxy) is 1. The molecule has 0 aliphatic heterocycles. The fourth-order valence-corrected chi connectivity index (χ4v) is 0.517. The topological polar surface area (TPSA) is 9.23 Å². The lowest BCUT2D eigenvalue weighted by Gasteiger charge is -2.13. The first-order valence-corrected chi connectivity index (χ1v) is 3.32. The summed E-state index contributed by atoms with van der Waals surface area (Å²) in [5.41, 5.74) is -4.18. The lowest BCUT2D eigenvalue weighted by molar-refractivity contribution is -0.0703. The van der Waals surface area contributed by atoms with E-state index < -0.39 is 24.0 Å². The van der Waals surface area contributed by atoms with Crippen LogP contribution in [0.15, 0.2) is 0 Å². The molecule has 0 aliphatic carbocycles. The van der Waals surface area contributed by atoms with Gasteiger partial charge in [-0.2, -0.15) is 0 Å². The lowest BCUT2D eigenvalue weighted by Crippen LogP contribution is -2.24. The van der Waals surface area contributed by atoms with Gasteiger partial charge in [0.05, 0.1) is 0 Å². The lowest BCUT2D eigenvalue weighted by atomic mass is 10.7. The molecular weight excluding hydrogens is 211 g/mol. The van der Waals surface area contributed by atoms with Crippen LogP contribution in [0, 0.1) is 0 Å². The average Bonchev–Trinajstić information content (AvgIpc) is 1.87. The van der Waals surface area contributed by atoms with Gasteiger partial charge < -0.3 is 4.74 Å². The molecular formula is C4H4Cl2F4O. The number of rotatable bonds is 4. The smallest absolute Gasteiger partial charge is 0.278 e. The molecule has 11 heavy (non-hydrogen) atoms. The summed E-state index contributed by atoms with van der Waals surface area (Å²) in [6, 6.07) is 0. The zero-order valence-electron chi connectivity index (χ0n) is 4.99. The fourth-order valence-electron chi connectivity index (χ4n) is 0.243. The molecule has 0 saturated carbocycles. The second kappa shape index (κ2) is 5.00. The minimum atomic E-state index is -3.03. The highest BCUT2D eigenvalue weighted by Gasteiger charge is 2.26. The molecule has 0 radical (unpaired) electrons. The molecule has 0 rings (SSSR count). The van der Waals surface area contributed by atoms with E-state index in [0.29, 0.717) is 0 Å². The maximum atomic E-state index is 11.5. The van der Waals surface area contributed by atoms with Crippen LogP contribution in [-0.2, 0) is 4.74 Å². The van der Waals surface area contributed by atoms with Crippen molar-refractivity contribution in [2.75, 3.05) is 0 Å². The van der Waals surface area contributed by atoms with Crippen LogP contribution in [0.4, 0.5) is 17.6 Å². The zero-order chi connectivity index (χ0) is 9.02. The fraction of sp³-hybridized carbons (Fsp3) is 1.00. The molecule has 0 amide bonds. The van der Waals surface area contributed by atoms with Gasteiger partial charge in [-0.3, -0.25) is 0 Å². The van der Waals surface area contributed by atoms with E-state index in [-0.39, 0.29) is 0 Å². The molecule has 0 N–H and O–H groups in total. The second-order valence-corrected chi connectivity index (χ2v) is 2.37. The Hall–Kier alpha value is 0.260. The molecule has 0 spiro atoms. The average molecular weight is 215 g/mol. The molecule has 2 unspecified atom stereocenters. The van der Waals surface area contributed by atoms with Crippen molar-refractivity contribution < 1.29 is 22.3 Å². The molecule has 2 atom stereocenters. The van der Waals surface area contributed by atoms with E-state index in [2.05, 4.69) is 4.74 Å². The van der Waals surface area contributed by atoms with Crippen LogP contribution in [0.2, 0.25) is 0 Å². The second-order valence-electron chi connectivity index (χ2n) is 1.51. The molecule has 0 saturated heterocycles. The van der Waals surface area contributed by atoms with Crippen LogP contribution >= 0.6 is 23.2 Å². The Balaban J connectivity index is 3.66. The molecule has 1 nitrogen and oxygen atoms in total. The summed E-state index contributed by atoms with van der Waals surface area (Å²) >= 11 is 9.53. The van der Waals surface area contributed by atoms with Crippen molar-refractivity contribution in [1.29, 1.82) is 0 Å². The highest BCUT2D eigenvalue weighted by molar-refractivity contribution is 6.22. The Labute approximate surface area is 70.2 Å².